The van der Waals surface area contributed by atoms with E-state index in [-0.39, 0.29) is 11.5 Å². The number of thioether (sulfide) groups is 1. The lowest BCUT2D eigenvalue weighted by Crippen LogP contribution is -1.90. The third-order valence-corrected chi connectivity index (χ3v) is 4.15. The molecule has 0 amide bonds. The molecule has 0 aliphatic heterocycles. The van der Waals surface area contributed by atoms with E-state index in [4.69, 9.17) is 5.73 Å². The lowest BCUT2D eigenvalue weighted by molar-refractivity contribution is 0.629. The number of fused-ring (bicyclic) bond motifs is 1. The predicted molar refractivity (Wildman–Crippen MR) is 82.1 cm³/mol. The summed E-state index contributed by atoms with van der Waals surface area (Å²) in [4.78, 5) is 5.21. The highest BCUT2D eigenvalue weighted by atomic mass is 32.2. The summed E-state index contributed by atoms with van der Waals surface area (Å²) < 4.78 is 13.4. The lowest BCUT2D eigenvalue weighted by Gasteiger charge is -2.06. The molecule has 1 aromatic heterocycles. The van der Waals surface area contributed by atoms with Crippen molar-refractivity contribution in [1.29, 1.82) is 0 Å². The van der Waals surface area contributed by atoms with Crippen LogP contribution >= 0.6 is 11.8 Å². The van der Waals surface area contributed by atoms with Crippen molar-refractivity contribution >= 4 is 28.4 Å². The topological polar surface area (TPSA) is 38.9 Å². The molecule has 20 heavy (non-hydrogen) atoms. The van der Waals surface area contributed by atoms with E-state index < -0.39 is 0 Å². The summed E-state index contributed by atoms with van der Waals surface area (Å²) in [6, 6.07) is 14.9. The van der Waals surface area contributed by atoms with Gasteiger partial charge in [-0.1, -0.05) is 18.2 Å². The van der Waals surface area contributed by atoms with Crippen LogP contribution in [0.5, 0.6) is 0 Å². The number of anilines is 1. The van der Waals surface area contributed by atoms with Gasteiger partial charge in [0, 0.05) is 22.2 Å². The molecule has 0 atom stereocenters. The second-order valence-corrected chi connectivity index (χ2v) is 5.51. The van der Waals surface area contributed by atoms with Crippen molar-refractivity contribution in [3.05, 3.63) is 66.1 Å². The average molecular weight is 284 g/mol. The van der Waals surface area contributed by atoms with Crippen LogP contribution in [-0.2, 0) is 5.75 Å². The minimum absolute atomic E-state index is 0.184. The van der Waals surface area contributed by atoms with Crippen molar-refractivity contribution in [2.75, 3.05) is 5.73 Å². The fourth-order valence-corrected chi connectivity index (χ4v) is 2.96. The molecule has 2 aromatic carbocycles. The van der Waals surface area contributed by atoms with Gasteiger partial charge in [0.25, 0.3) is 0 Å². The Balaban J connectivity index is 1.85. The first-order valence-electron chi connectivity index (χ1n) is 6.24. The molecule has 0 aliphatic carbocycles. The van der Waals surface area contributed by atoms with Crippen molar-refractivity contribution in [3.8, 4) is 0 Å². The number of aromatic nitrogens is 1. The molecule has 1 heterocycles. The van der Waals surface area contributed by atoms with Crippen molar-refractivity contribution in [2.24, 2.45) is 0 Å². The van der Waals surface area contributed by atoms with Gasteiger partial charge < -0.3 is 5.73 Å². The Kier molecular flexibility index (Phi) is 3.56. The standard InChI is InChI=1S/C16H13FN2S/c17-14-9-12(5-6-15(14)18)20-10-11-7-8-19-16-4-2-1-3-13(11)16/h1-9H,10,18H2. The Morgan fingerprint density at radius 3 is 2.80 bits per heavy atom. The van der Waals surface area contributed by atoms with Gasteiger partial charge in [-0.2, -0.15) is 0 Å². The second-order valence-electron chi connectivity index (χ2n) is 4.46. The molecule has 3 rings (SSSR count). The number of rotatable bonds is 3. The molecule has 3 aromatic rings. The molecular formula is C16H13FN2S. The molecule has 100 valence electrons. The number of para-hydroxylation sites is 1. The maximum atomic E-state index is 13.4. The minimum atomic E-state index is -0.366. The van der Waals surface area contributed by atoms with E-state index in [9.17, 15) is 4.39 Å². The summed E-state index contributed by atoms with van der Waals surface area (Å²) in [6.45, 7) is 0. The van der Waals surface area contributed by atoms with Crippen molar-refractivity contribution in [2.45, 2.75) is 10.6 Å². The number of nitrogens with zero attached hydrogens (tertiary/aromatic N) is 1. The summed E-state index contributed by atoms with van der Waals surface area (Å²) >= 11 is 1.59. The van der Waals surface area contributed by atoms with E-state index >= 15 is 0 Å². The van der Waals surface area contributed by atoms with Crippen molar-refractivity contribution < 1.29 is 4.39 Å². The molecule has 2 N–H and O–H groups in total. The van der Waals surface area contributed by atoms with Crippen molar-refractivity contribution in [3.63, 3.8) is 0 Å². The number of nitrogen functional groups attached to an aromatic ring is 1. The maximum Gasteiger partial charge on any atom is 0.147 e. The van der Waals surface area contributed by atoms with Gasteiger partial charge in [-0.15, -0.1) is 11.8 Å². The Hall–Kier alpha value is -2.07. The van der Waals surface area contributed by atoms with Gasteiger partial charge in [0.15, 0.2) is 0 Å². The third-order valence-electron chi connectivity index (χ3n) is 3.11. The first kappa shape index (κ1) is 12.9. The molecule has 0 aliphatic rings. The van der Waals surface area contributed by atoms with Crippen LogP contribution in [0.1, 0.15) is 5.56 Å². The summed E-state index contributed by atoms with van der Waals surface area (Å²) in [7, 11) is 0. The van der Waals surface area contributed by atoms with Crippen LogP contribution in [-0.4, -0.2) is 4.98 Å². The number of pyridine rings is 1. The molecule has 0 saturated carbocycles. The molecule has 0 saturated heterocycles. The van der Waals surface area contributed by atoms with Crippen LogP contribution in [0.2, 0.25) is 0 Å². The Bertz CT molecular complexity index is 753. The van der Waals surface area contributed by atoms with Crippen molar-refractivity contribution in [1.82, 2.24) is 4.98 Å². The Morgan fingerprint density at radius 1 is 1.10 bits per heavy atom. The SMILES string of the molecule is Nc1ccc(SCc2ccnc3ccccc23)cc1F. The first-order chi connectivity index (χ1) is 9.74. The van der Waals surface area contributed by atoms with E-state index in [2.05, 4.69) is 11.1 Å². The number of benzene rings is 2. The zero-order valence-electron chi connectivity index (χ0n) is 10.7. The average Bonchev–Trinajstić information content (AvgIpc) is 2.48. The van der Waals surface area contributed by atoms with E-state index in [1.54, 1.807) is 17.8 Å². The number of hydrogen-bond donors (Lipinski definition) is 1. The lowest BCUT2D eigenvalue weighted by atomic mass is 10.1. The van der Waals surface area contributed by atoms with Gasteiger partial charge in [0.05, 0.1) is 11.2 Å². The second kappa shape index (κ2) is 5.51. The quantitative estimate of drug-likeness (QED) is 0.577. The van der Waals surface area contributed by atoms with Crippen LogP contribution in [0, 0.1) is 5.82 Å². The zero-order chi connectivity index (χ0) is 13.9. The summed E-state index contributed by atoms with van der Waals surface area (Å²) in [6.07, 6.45) is 1.81. The normalized spacial score (nSPS) is 10.8. The fourth-order valence-electron chi connectivity index (χ4n) is 2.04. The van der Waals surface area contributed by atoms with Gasteiger partial charge >= 0.3 is 0 Å². The fraction of sp³-hybridized carbons (Fsp3) is 0.0625. The van der Waals surface area contributed by atoms with Gasteiger partial charge in [0.1, 0.15) is 5.82 Å². The van der Waals surface area contributed by atoms with Gasteiger partial charge in [-0.05, 0) is 35.9 Å². The highest BCUT2D eigenvalue weighted by Gasteiger charge is 2.04. The highest BCUT2D eigenvalue weighted by molar-refractivity contribution is 7.98. The van der Waals surface area contributed by atoms with Crippen LogP contribution < -0.4 is 5.73 Å². The number of halogens is 1. The molecule has 0 spiro atoms. The first-order valence-corrected chi connectivity index (χ1v) is 7.23. The molecule has 4 heteroatoms. The largest absolute Gasteiger partial charge is 0.396 e. The van der Waals surface area contributed by atoms with Crippen LogP contribution in [0.15, 0.2) is 59.6 Å². The highest BCUT2D eigenvalue weighted by Crippen LogP contribution is 2.28. The van der Waals surface area contributed by atoms with E-state index in [0.717, 1.165) is 21.6 Å². The molecule has 0 bridgehead atoms. The van der Waals surface area contributed by atoms with Gasteiger partial charge in [0.2, 0.25) is 0 Å². The van der Waals surface area contributed by atoms with Gasteiger partial charge in [-0.3, -0.25) is 4.98 Å². The van der Waals surface area contributed by atoms with Crippen LogP contribution in [0.25, 0.3) is 10.9 Å². The number of hydrogen-bond acceptors (Lipinski definition) is 3. The number of nitrogens with two attached hydrogens (primary N) is 1. The molecule has 0 radical (unpaired) electrons. The molecule has 0 fully saturated rings. The zero-order valence-corrected chi connectivity index (χ0v) is 11.5. The van der Waals surface area contributed by atoms with Crippen LogP contribution in [0.4, 0.5) is 10.1 Å². The molecule has 0 unspecified atom stereocenters. The Morgan fingerprint density at radius 2 is 1.95 bits per heavy atom. The van der Waals surface area contributed by atoms with E-state index in [0.29, 0.717) is 0 Å². The molecule has 2 nitrogen and oxygen atoms in total. The maximum absolute atomic E-state index is 13.4. The Labute approximate surface area is 120 Å². The monoisotopic (exact) mass is 284 g/mol. The van der Waals surface area contributed by atoms with Crippen LogP contribution in [0.3, 0.4) is 0 Å². The minimum Gasteiger partial charge on any atom is -0.396 e. The van der Waals surface area contributed by atoms with Gasteiger partial charge in [-0.25, -0.2) is 4.39 Å². The van der Waals surface area contributed by atoms with E-state index in [1.165, 1.54) is 11.6 Å². The smallest absolute Gasteiger partial charge is 0.147 e. The molecular weight excluding hydrogens is 271 g/mol. The third kappa shape index (κ3) is 2.60. The van der Waals surface area contributed by atoms with E-state index in [1.807, 2.05) is 36.5 Å². The summed E-state index contributed by atoms with van der Waals surface area (Å²) in [5.41, 5.74) is 7.83. The summed E-state index contributed by atoms with van der Waals surface area (Å²) in [5.74, 6) is 0.404. The predicted octanol–water partition coefficient (Wildman–Crippen LogP) is 4.25. The summed E-state index contributed by atoms with van der Waals surface area (Å²) in [5, 5.41) is 1.14.